The van der Waals surface area contributed by atoms with Gasteiger partial charge in [-0.3, -0.25) is 14.8 Å². The first-order valence-electron chi connectivity index (χ1n) is 8.45. The molecule has 0 heterocycles. The summed E-state index contributed by atoms with van der Waals surface area (Å²) in [6, 6.07) is 14.5. The van der Waals surface area contributed by atoms with Crippen molar-refractivity contribution >= 4 is 11.8 Å². The Labute approximate surface area is 163 Å². The van der Waals surface area contributed by atoms with Gasteiger partial charge < -0.3 is 10.4 Å². The van der Waals surface area contributed by atoms with Crippen molar-refractivity contribution in [1.29, 1.82) is 0 Å². The van der Waals surface area contributed by atoms with Gasteiger partial charge in [0.2, 0.25) is 0 Å². The number of nitrogens with one attached hydrogen (secondary N) is 2. The molecule has 0 fully saturated rings. The number of carbonyl (C=O) groups is 2. The van der Waals surface area contributed by atoms with Crippen LogP contribution >= 0.6 is 0 Å². The van der Waals surface area contributed by atoms with Gasteiger partial charge in [0.1, 0.15) is 6.04 Å². The second-order valence-electron chi connectivity index (χ2n) is 6.48. The van der Waals surface area contributed by atoms with Crippen molar-refractivity contribution < 1.29 is 19.9 Å². The number of amides is 2. The minimum Gasteiger partial charge on any atom is -0.388 e. The fraction of sp³-hybridized carbons (Fsp3) is 0.182. The smallest absolute Gasteiger partial charge is 0.268 e. The summed E-state index contributed by atoms with van der Waals surface area (Å²) in [5, 5.41) is 21.2. The molecule has 0 saturated carbocycles. The number of aliphatic hydroxyl groups is 1. The lowest BCUT2D eigenvalue weighted by atomic mass is 9.97. The summed E-state index contributed by atoms with van der Waals surface area (Å²) >= 11 is 0. The van der Waals surface area contributed by atoms with Gasteiger partial charge in [0.15, 0.2) is 0 Å². The second kappa shape index (κ2) is 9.38. The van der Waals surface area contributed by atoms with Crippen molar-refractivity contribution in [3.05, 3.63) is 71.3 Å². The van der Waals surface area contributed by atoms with E-state index in [1.807, 2.05) is 30.3 Å². The van der Waals surface area contributed by atoms with Crippen LogP contribution < -0.4 is 10.8 Å². The zero-order valence-corrected chi connectivity index (χ0v) is 15.5. The lowest BCUT2D eigenvalue weighted by molar-refractivity contribution is -0.136. The van der Waals surface area contributed by atoms with Crippen LogP contribution in [-0.4, -0.2) is 33.8 Å². The van der Waals surface area contributed by atoms with Gasteiger partial charge in [-0.05, 0) is 62.1 Å². The molecule has 2 aromatic rings. The summed E-state index contributed by atoms with van der Waals surface area (Å²) in [5.41, 5.74) is 1.69. The van der Waals surface area contributed by atoms with Crippen LogP contribution in [-0.2, 0) is 4.79 Å². The zero-order valence-electron chi connectivity index (χ0n) is 15.5. The van der Waals surface area contributed by atoms with E-state index in [-0.39, 0.29) is 5.56 Å². The molecule has 0 aliphatic rings. The van der Waals surface area contributed by atoms with Crippen molar-refractivity contribution in [3.8, 4) is 23.7 Å². The van der Waals surface area contributed by atoms with Crippen molar-refractivity contribution in [2.45, 2.75) is 25.5 Å². The second-order valence-corrected chi connectivity index (χ2v) is 6.48. The lowest BCUT2D eigenvalue weighted by Crippen LogP contribution is -2.57. The molecule has 0 saturated heterocycles. The van der Waals surface area contributed by atoms with Gasteiger partial charge in [0, 0.05) is 16.7 Å². The molecule has 0 radical (unpaired) electrons. The van der Waals surface area contributed by atoms with Crippen LogP contribution in [0.1, 0.15) is 35.3 Å². The van der Waals surface area contributed by atoms with E-state index in [2.05, 4.69) is 29.0 Å². The quantitative estimate of drug-likeness (QED) is 0.369. The number of carbonyl (C=O) groups excluding carboxylic acids is 2. The lowest BCUT2D eigenvalue weighted by Gasteiger charge is -2.28. The fourth-order valence-corrected chi connectivity index (χ4v) is 2.28. The highest BCUT2D eigenvalue weighted by Crippen LogP contribution is 2.11. The van der Waals surface area contributed by atoms with E-state index in [0.717, 1.165) is 5.56 Å². The molecule has 0 bridgehead atoms. The predicted octanol–water partition coefficient (Wildman–Crippen LogP) is 1.46. The maximum Gasteiger partial charge on any atom is 0.268 e. The van der Waals surface area contributed by atoms with E-state index in [9.17, 15) is 14.7 Å². The van der Waals surface area contributed by atoms with E-state index < -0.39 is 23.5 Å². The van der Waals surface area contributed by atoms with Crippen LogP contribution in [0.5, 0.6) is 0 Å². The molecule has 4 N–H and O–H groups in total. The maximum absolute atomic E-state index is 12.3. The molecular weight excluding hydrogens is 356 g/mol. The molecule has 6 heteroatoms. The normalized spacial score (nSPS) is 11.1. The van der Waals surface area contributed by atoms with Crippen molar-refractivity contribution in [3.63, 3.8) is 0 Å². The first kappa shape index (κ1) is 20.7. The van der Waals surface area contributed by atoms with Crippen molar-refractivity contribution in [2.24, 2.45) is 0 Å². The monoisotopic (exact) mass is 376 g/mol. The summed E-state index contributed by atoms with van der Waals surface area (Å²) in [6.45, 7) is 2.70. The molecule has 0 spiro atoms. The highest BCUT2D eigenvalue weighted by Gasteiger charge is 2.34. The van der Waals surface area contributed by atoms with Crippen LogP contribution in [0.2, 0.25) is 0 Å². The third kappa shape index (κ3) is 6.00. The topological polar surface area (TPSA) is 98.7 Å². The van der Waals surface area contributed by atoms with Gasteiger partial charge in [-0.1, -0.05) is 30.0 Å². The fourth-order valence-electron chi connectivity index (χ4n) is 2.28. The third-order valence-corrected chi connectivity index (χ3v) is 3.75. The van der Waals surface area contributed by atoms with Crippen LogP contribution in [0.25, 0.3) is 0 Å². The van der Waals surface area contributed by atoms with Gasteiger partial charge in [0.25, 0.3) is 11.8 Å². The first-order valence-corrected chi connectivity index (χ1v) is 8.45. The number of benzene rings is 2. The molecule has 0 aromatic heterocycles. The minimum absolute atomic E-state index is 0.279. The molecule has 142 valence electrons. The number of hydroxylamine groups is 1. The summed E-state index contributed by atoms with van der Waals surface area (Å²) in [6.07, 6.45) is 0. The highest BCUT2D eigenvalue weighted by atomic mass is 16.5. The maximum atomic E-state index is 12.3. The van der Waals surface area contributed by atoms with Gasteiger partial charge in [0.05, 0.1) is 5.60 Å². The average Bonchev–Trinajstić information content (AvgIpc) is 2.69. The van der Waals surface area contributed by atoms with E-state index in [1.165, 1.54) is 19.3 Å². The minimum atomic E-state index is -1.56. The van der Waals surface area contributed by atoms with Gasteiger partial charge in [-0.15, -0.1) is 0 Å². The number of rotatable bonds is 4. The summed E-state index contributed by atoms with van der Waals surface area (Å²) in [4.78, 5) is 24.0. The van der Waals surface area contributed by atoms with E-state index in [4.69, 9.17) is 5.21 Å². The Morgan fingerprint density at radius 3 is 1.96 bits per heavy atom. The van der Waals surface area contributed by atoms with Crippen LogP contribution in [0.4, 0.5) is 0 Å². The third-order valence-electron chi connectivity index (χ3n) is 3.75. The summed E-state index contributed by atoms with van der Waals surface area (Å²) < 4.78 is 0. The van der Waals surface area contributed by atoms with Crippen LogP contribution in [0.15, 0.2) is 54.6 Å². The summed E-state index contributed by atoms with van der Waals surface area (Å²) in [7, 11) is 0. The molecule has 0 aliphatic carbocycles. The van der Waals surface area contributed by atoms with Crippen molar-refractivity contribution in [1.82, 2.24) is 10.8 Å². The average molecular weight is 376 g/mol. The van der Waals surface area contributed by atoms with Gasteiger partial charge in [-0.2, -0.15) is 0 Å². The molecular formula is C22H20N2O4. The molecule has 2 rings (SSSR count). The first-order chi connectivity index (χ1) is 13.3. The molecule has 1 atom stereocenters. The van der Waals surface area contributed by atoms with Crippen LogP contribution in [0.3, 0.4) is 0 Å². The molecule has 0 aliphatic heterocycles. The Balaban J connectivity index is 2.06. The van der Waals surface area contributed by atoms with E-state index in [0.29, 0.717) is 5.56 Å². The number of hydrogen-bond donors (Lipinski definition) is 4. The van der Waals surface area contributed by atoms with E-state index in [1.54, 1.807) is 24.3 Å². The Kier molecular flexibility index (Phi) is 6.95. The predicted molar refractivity (Wildman–Crippen MR) is 104 cm³/mol. The Morgan fingerprint density at radius 2 is 1.46 bits per heavy atom. The van der Waals surface area contributed by atoms with Gasteiger partial charge in [-0.25, -0.2) is 5.48 Å². The Morgan fingerprint density at radius 1 is 0.929 bits per heavy atom. The van der Waals surface area contributed by atoms with Crippen molar-refractivity contribution in [2.75, 3.05) is 0 Å². The zero-order chi connectivity index (χ0) is 20.6. The Bertz CT molecular complexity index is 953. The molecule has 0 unspecified atom stereocenters. The number of hydrogen-bond acceptors (Lipinski definition) is 4. The van der Waals surface area contributed by atoms with Crippen LogP contribution in [0, 0.1) is 23.7 Å². The molecule has 2 aromatic carbocycles. The molecule has 28 heavy (non-hydrogen) atoms. The molecule has 6 nitrogen and oxygen atoms in total. The van der Waals surface area contributed by atoms with Gasteiger partial charge >= 0.3 is 0 Å². The molecule has 2 amide bonds. The largest absolute Gasteiger partial charge is 0.388 e. The highest BCUT2D eigenvalue weighted by molar-refractivity contribution is 5.97. The Hall–Kier alpha value is -3.58. The SMILES string of the molecule is CC(C)(O)[C@H](NC(=O)c1ccc(C#CC#Cc2ccccc2)cc1)C(=O)NO. The standard InChI is InChI=1S/C22H20N2O4/c1-22(2,27)19(21(26)24-28)23-20(25)18-14-12-17(13-15-18)11-7-6-10-16-8-4-3-5-9-16/h3-5,8-9,12-15,19,27-28H,1-2H3,(H,23,25)(H,24,26)/t19-/m1/s1. The summed E-state index contributed by atoms with van der Waals surface area (Å²) in [5.74, 6) is 9.83. The van der Waals surface area contributed by atoms with E-state index >= 15 is 0 Å².